The highest BCUT2D eigenvalue weighted by molar-refractivity contribution is 6.31. The maximum atomic E-state index is 13.1. The van der Waals surface area contributed by atoms with E-state index in [1.54, 1.807) is 43.5 Å². The summed E-state index contributed by atoms with van der Waals surface area (Å²) in [4.78, 5) is 32.6. The number of nitrogens with zero attached hydrogens (tertiary/aromatic N) is 2. The highest BCUT2D eigenvalue weighted by atomic mass is 35.5. The fourth-order valence-corrected chi connectivity index (χ4v) is 5.14. The molecule has 8 heteroatoms. The number of aliphatic imine (C=N–C) groups is 1. The number of benzene rings is 3. The van der Waals surface area contributed by atoms with Gasteiger partial charge in [-0.25, -0.2) is 0 Å². The van der Waals surface area contributed by atoms with Crippen LogP contribution in [-0.4, -0.2) is 55.7 Å². The summed E-state index contributed by atoms with van der Waals surface area (Å²) < 4.78 is 17.6. The number of methoxy groups -OCH3 is 1. The number of fused-ring (bicyclic) bond motifs is 2. The summed E-state index contributed by atoms with van der Waals surface area (Å²) in [6.45, 7) is 3.28. The Hall–Kier alpha value is -3.84. The van der Waals surface area contributed by atoms with Crippen LogP contribution in [0.15, 0.2) is 59.6 Å². The molecular formula is C30H29ClN2O5. The van der Waals surface area contributed by atoms with Gasteiger partial charge in [0.1, 0.15) is 5.75 Å². The van der Waals surface area contributed by atoms with E-state index in [1.807, 2.05) is 36.2 Å². The summed E-state index contributed by atoms with van der Waals surface area (Å²) in [5, 5.41) is 0.481. The molecule has 5 rings (SSSR count). The quantitative estimate of drug-likeness (QED) is 0.247. The van der Waals surface area contributed by atoms with Gasteiger partial charge in [0.2, 0.25) is 0 Å². The van der Waals surface area contributed by atoms with Crippen molar-refractivity contribution in [2.75, 3.05) is 26.9 Å². The van der Waals surface area contributed by atoms with Gasteiger partial charge in [-0.3, -0.25) is 14.6 Å². The predicted molar refractivity (Wildman–Crippen MR) is 147 cm³/mol. The van der Waals surface area contributed by atoms with E-state index in [9.17, 15) is 9.59 Å². The number of carbonyl (C=O) groups is 2. The van der Waals surface area contributed by atoms with Crippen LogP contribution in [0, 0.1) is 6.92 Å². The van der Waals surface area contributed by atoms with Gasteiger partial charge in [-0.1, -0.05) is 41.9 Å². The highest BCUT2D eigenvalue weighted by Gasteiger charge is 2.32. The van der Waals surface area contributed by atoms with Crippen molar-refractivity contribution in [2.24, 2.45) is 4.99 Å². The van der Waals surface area contributed by atoms with Crippen LogP contribution in [-0.2, 0) is 0 Å². The molecule has 3 aromatic carbocycles. The molecule has 0 saturated carbocycles. The number of hydrogen-bond acceptors (Lipinski definition) is 6. The van der Waals surface area contributed by atoms with Crippen molar-refractivity contribution in [1.29, 1.82) is 0 Å². The molecule has 2 aliphatic rings. The van der Waals surface area contributed by atoms with Gasteiger partial charge in [-0.2, -0.15) is 0 Å². The topological polar surface area (TPSA) is 77.4 Å². The van der Waals surface area contributed by atoms with Gasteiger partial charge in [-0.15, -0.1) is 0 Å². The van der Waals surface area contributed by atoms with Crippen LogP contribution in [0.25, 0.3) is 0 Å². The second-order valence-electron chi connectivity index (χ2n) is 9.35. The Labute approximate surface area is 227 Å². The van der Waals surface area contributed by atoms with Gasteiger partial charge in [0.15, 0.2) is 17.3 Å². The Balaban J connectivity index is 1.25. The largest absolute Gasteiger partial charge is 0.493 e. The van der Waals surface area contributed by atoms with E-state index in [0.29, 0.717) is 64.3 Å². The maximum Gasteiger partial charge on any atom is 0.256 e. The zero-order valence-electron chi connectivity index (χ0n) is 21.4. The lowest BCUT2D eigenvalue weighted by atomic mass is 10.0. The summed E-state index contributed by atoms with van der Waals surface area (Å²) in [6.07, 6.45) is 4.31. The van der Waals surface area contributed by atoms with Crippen molar-refractivity contribution in [3.05, 3.63) is 81.9 Å². The third-order valence-corrected chi connectivity index (χ3v) is 6.99. The average molecular weight is 533 g/mol. The smallest absolute Gasteiger partial charge is 0.256 e. The van der Waals surface area contributed by atoms with Gasteiger partial charge in [0.05, 0.1) is 43.2 Å². The van der Waals surface area contributed by atoms with Crippen LogP contribution in [0.3, 0.4) is 0 Å². The van der Waals surface area contributed by atoms with Gasteiger partial charge < -0.3 is 19.1 Å². The van der Waals surface area contributed by atoms with Crippen molar-refractivity contribution in [2.45, 2.75) is 32.2 Å². The van der Waals surface area contributed by atoms with Crippen LogP contribution in [0.5, 0.6) is 17.2 Å². The molecule has 0 aliphatic carbocycles. The van der Waals surface area contributed by atoms with Gasteiger partial charge in [-0.05, 0) is 43.5 Å². The van der Waals surface area contributed by atoms with E-state index in [2.05, 4.69) is 4.99 Å². The van der Waals surface area contributed by atoms with E-state index < -0.39 is 0 Å². The fraction of sp³-hybridized carbons (Fsp3) is 0.300. The molecule has 1 fully saturated rings. The Morgan fingerprint density at radius 3 is 2.66 bits per heavy atom. The molecule has 2 heterocycles. The van der Waals surface area contributed by atoms with E-state index in [-0.39, 0.29) is 17.7 Å². The molecule has 0 aromatic heterocycles. The zero-order chi connectivity index (χ0) is 26.6. The second kappa shape index (κ2) is 11.3. The SMILES string of the molecule is COc1cc2c(cc1OCCCOc1c(C)cc(Cl)cc1C(=O)c1ccccc1)N=CC1CCCN1C2=O. The predicted octanol–water partition coefficient (Wildman–Crippen LogP) is 6.06. The maximum absolute atomic E-state index is 13.1. The van der Waals surface area contributed by atoms with E-state index in [1.165, 1.54) is 0 Å². The third kappa shape index (κ3) is 5.24. The minimum atomic E-state index is -0.146. The lowest BCUT2D eigenvalue weighted by Crippen LogP contribution is -2.35. The van der Waals surface area contributed by atoms with Crippen LogP contribution >= 0.6 is 11.6 Å². The molecule has 196 valence electrons. The van der Waals surface area contributed by atoms with Gasteiger partial charge in [0.25, 0.3) is 5.91 Å². The number of aryl methyl sites for hydroxylation is 1. The zero-order valence-corrected chi connectivity index (χ0v) is 22.2. The van der Waals surface area contributed by atoms with Gasteiger partial charge >= 0.3 is 0 Å². The molecule has 1 amide bonds. The molecule has 2 aliphatic heterocycles. The van der Waals surface area contributed by atoms with Crippen molar-refractivity contribution in [3.8, 4) is 17.2 Å². The fourth-order valence-electron chi connectivity index (χ4n) is 4.87. The normalized spacial score (nSPS) is 16.0. The van der Waals surface area contributed by atoms with E-state index >= 15 is 0 Å². The highest BCUT2D eigenvalue weighted by Crippen LogP contribution is 2.38. The van der Waals surface area contributed by atoms with Crippen molar-refractivity contribution >= 4 is 35.2 Å². The molecule has 0 bridgehead atoms. The lowest BCUT2D eigenvalue weighted by Gasteiger charge is -2.20. The number of ketones is 1. The Morgan fingerprint density at radius 2 is 1.87 bits per heavy atom. The third-order valence-electron chi connectivity index (χ3n) is 6.77. The summed E-state index contributed by atoms with van der Waals surface area (Å²) in [5.74, 6) is 1.33. The average Bonchev–Trinajstić information content (AvgIpc) is 3.36. The molecule has 0 radical (unpaired) electrons. The summed E-state index contributed by atoms with van der Waals surface area (Å²) >= 11 is 6.26. The number of amides is 1. The standard InChI is InChI=1S/C30H29ClN2O5/c1-19-14-21(31)15-24(28(34)20-8-4-3-5-9-20)29(19)38-13-7-12-37-27-17-25-23(16-26(27)36-2)30(35)33-11-6-10-22(33)18-32-25/h3-5,8-9,14-18,22H,6-7,10-13H2,1-2H3. The number of rotatable bonds is 9. The molecule has 1 atom stereocenters. The van der Waals surface area contributed by atoms with Gasteiger partial charge in [0, 0.05) is 35.8 Å². The first-order valence-electron chi connectivity index (χ1n) is 12.7. The Morgan fingerprint density at radius 1 is 1.08 bits per heavy atom. The van der Waals surface area contributed by atoms with Crippen LogP contribution < -0.4 is 14.2 Å². The number of carbonyl (C=O) groups excluding carboxylic acids is 2. The van der Waals surface area contributed by atoms with E-state index in [4.69, 9.17) is 25.8 Å². The monoisotopic (exact) mass is 532 g/mol. The van der Waals surface area contributed by atoms with Crippen LogP contribution in [0.1, 0.15) is 51.1 Å². The molecule has 1 unspecified atom stereocenters. The van der Waals surface area contributed by atoms with Crippen LogP contribution in [0.4, 0.5) is 5.69 Å². The van der Waals surface area contributed by atoms with Crippen LogP contribution in [0.2, 0.25) is 5.02 Å². The Kier molecular flexibility index (Phi) is 7.65. The first-order valence-corrected chi connectivity index (χ1v) is 13.1. The molecule has 0 N–H and O–H groups in total. The number of halogens is 1. The van der Waals surface area contributed by atoms with Crippen molar-refractivity contribution in [1.82, 2.24) is 4.90 Å². The molecule has 0 spiro atoms. The minimum Gasteiger partial charge on any atom is -0.493 e. The molecule has 7 nitrogen and oxygen atoms in total. The minimum absolute atomic E-state index is 0.0301. The molecule has 38 heavy (non-hydrogen) atoms. The summed E-state index contributed by atoms with van der Waals surface area (Å²) in [7, 11) is 1.55. The van der Waals surface area contributed by atoms with E-state index in [0.717, 1.165) is 24.9 Å². The second-order valence-corrected chi connectivity index (χ2v) is 9.79. The van der Waals surface area contributed by atoms with Crippen molar-refractivity contribution in [3.63, 3.8) is 0 Å². The lowest BCUT2D eigenvalue weighted by molar-refractivity contribution is 0.0774. The molecule has 1 saturated heterocycles. The summed E-state index contributed by atoms with van der Waals surface area (Å²) in [6, 6.07) is 16.0. The number of ether oxygens (including phenoxy) is 3. The first-order chi connectivity index (χ1) is 18.5. The molecule has 3 aromatic rings. The Bertz CT molecular complexity index is 1390. The molecular weight excluding hydrogens is 504 g/mol. The number of hydrogen-bond donors (Lipinski definition) is 0. The van der Waals surface area contributed by atoms with Crippen molar-refractivity contribution < 1.29 is 23.8 Å². The summed E-state index contributed by atoms with van der Waals surface area (Å²) in [5.41, 5.74) is 2.88. The first kappa shape index (κ1) is 25.8.